The van der Waals surface area contributed by atoms with E-state index >= 15 is 0 Å². The molecule has 1 fully saturated rings. The van der Waals surface area contributed by atoms with Crippen molar-refractivity contribution >= 4 is 5.69 Å². The highest BCUT2D eigenvalue weighted by Crippen LogP contribution is 2.40. The second-order valence-corrected chi connectivity index (χ2v) is 7.86. The first kappa shape index (κ1) is 18.5. The summed E-state index contributed by atoms with van der Waals surface area (Å²) in [6, 6.07) is 17.9. The Labute approximate surface area is 167 Å². The number of aryl methyl sites for hydroxylation is 1. The molecule has 1 atom stereocenters. The number of nitrogens with zero attached hydrogens (tertiary/aromatic N) is 1. The van der Waals surface area contributed by atoms with Crippen LogP contribution in [0.5, 0.6) is 0 Å². The molecule has 2 aromatic carbocycles. The number of allylic oxidation sites excluding steroid dienone is 1. The summed E-state index contributed by atoms with van der Waals surface area (Å²) >= 11 is 0. The van der Waals surface area contributed by atoms with Crippen molar-refractivity contribution in [2.45, 2.75) is 51.5 Å². The number of rotatable bonds is 8. The van der Waals surface area contributed by atoms with Crippen LogP contribution >= 0.6 is 0 Å². The van der Waals surface area contributed by atoms with Crippen LogP contribution < -0.4 is 5.32 Å². The summed E-state index contributed by atoms with van der Waals surface area (Å²) in [6.07, 6.45) is 6.65. The van der Waals surface area contributed by atoms with Crippen LogP contribution in [0.1, 0.15) is 49.8 Å². The van der Waals surface area contributed by atoms with Crippen LogP contribution in [-0.2, 0) is 0 Å². The van der Waals surface area contributed by atoms with E-state index in [0.717, 1.165) is 41.5 Å². The normalized spacial score (nSPS) is 14.6. The SMILES string of the molecule is C=CCCC(C)Nc1c(C)noc1-c1ccc(-c2ccc(C3CC3)cc2)cc1. The lowest BCUT2D eigenvalue weighted by molar-refractivity contribution is 0.427. The van der Waals surface area contributed by atoms with Gasteiger partial charge in [0.25, 0.3) is 0 Å². The van der Waals surface area contributed by atoms with E-state index < -0.39 is 0 Å². The number of benzene rings is 2. The molecule has 1 N–H and O–H groups in total. The van der Waals surface area contributed by atoms with Gasteiger partial charge in [0.2, 0.25) is 0 Å². The summed E-state index contributed by atoms with van der Waals surface area (Å²) in [5, 5.41) is 7.74. The molecule has 0 bridgehead atoms. The molecule has 3 heteroatoms. The Morgan fingerprint density at radius 1 is 1.07 bits per heavy atom. The average Bonchev–Trinajstić information content (AvgIpc) is 3.52. The van der Waals surface area contributed by atoms with Gasteiger partial charge in [-0.2, -0.15) is 0 Å². The smallest absolute Gasteiger partial charge is 0.190 e. The largest absolute Gasteiger partial charge is 0.378 e. The van der Waals surface area contributed by atoms with Crippen molar-refractivity contribution in [1.82, 2.24) is 5.16 Å². The second-order valence-electron chi connectivity index (χ2n) is 7.86. The van der Waals surface area contributed by atoms with Gasteiger partial charge in [0.05, 0.1) is 0 Å². The Hall–Kier alpha value is -2.81. The molecule has 4 rings (SSSR count). The first-order valence-electron chi connectivity index (χ1n) is 10.2. The quantitative estimate of drug-likeness (QED) is 0.434. The fourth-order valence-electron chi connectivity index (χ4n) is 3.60. The Morgan fingerprint density at radius 3 is 2.29 bits per heavy atom. The minimum atomic E-state index is 0.333. The summed E-state index contributed by atoms with van der Waals surface area (Å²) in [4.78, 5) is 0. The van der Waals surface area contributed by atoms with Crippen LogP contribution in [0.4, 0.5) is 5.69 Å². The van der Waals surface area contributed by atoms with Gasteiger partial charge < -0.3 is 9.84 Å². The van der Waals surface area contributed by atoms with Crippen LogP contribution in [0.25, 0.3) is 22.5 Å². The molecule has 1 aliphatic rings. The maximum absolute atomic E-state index is 5.65. The molecule has 3 aromatic rings. The van der Waals surface area contributed by atoms with Gasteiger partial charge in [-0.25, -0.2) is 0 Å². The molecule has 0 spiro atoms. The molecule has 1 saturated carbocycles. The maximum Gasteiger partial charge on any atom is 0.190 e. The predicted molar refractivity (Wildman–Crippen MR) is 117 cm³/mol. The van der Waals surface area contributed by atoms with Crippen molar-refractivity contribution in [3.05, 3.63) is 72.4 Å². The van der Waals surface area contributed by atoms with Crippen LogP contribution in [0, 0.1) is 6.92 Å². The van der Waals surface area contributed by atoms with E-state index in [-0.39, 0.29) is 0 Å². The van der Waals surface area contributed by atoms with Crippen molar-refractivity contribution in [1.29, 1.82) is 0 Å². The van der Waals surface area contributed by atoms with Gasteiger partial charge in [0.15, 0.2) is 5.76 Å². The lowest BCUT2D eigenvalue weighted by atomic mass is 10.0. The van der Waals surface area contributed by atoms with Crippen molar-refractivity contribution in [2.75, 3.05) is 5.32 Å². The highest BCUT2D eigenvalue weighted by atomic mass is 16.5. The van der Waals surface area contributed by atoms with E-state index in [1.54, 1.807) is 0 Å². The van der Waals surface area contributed by atoms with Crippen LogP contribution in [-0.4, -0.2) is 11.2 Å². The van der Waals surface area contributed by atoms with E-state index in [1.807, 2.05) is 13.0 Å². The molecular weight excluding hydrogens is 344 g/mol. The summed E-state index contributed by atoms with van der Waals surface area (Å²) in [6.45, 7) is 7.96. The minimum absolute atomic E-state index is 0.333. The maximum atomic E-state index is 5.65. The summed E-state index contributed by atoms with van der Waals surface area (Å²) in [5.74, 6) is 1.60. The Bertz CT molecular complexity index is 934. The van der Waals surface area contributed by atoms with Crippen molar-refractivity contribution in [2.24, 2.45) is 0 Å². The Kier molecular flexibility index (Phi) is 5.34. The lowest BCUT2D eigenvalue weighted by Gasteiger charge is -2.14. The van der Waals surface area contributed by atoms with E-state index in [4.69, 9.17) is 4.52 Å². The summed E-state index contributed by atoms with van der Waals surface area (Å²) < 4.78 is 5.65. The highest BCUT2D eigenvalue weighted by Gasteiger charge is 2.23. The molecule has 0 aliphatic heterocycles. The van der Waals surface area contributed by atoms with E-state index in [2.05, 4.69) is 72.5 Å². The van der Waals surface area contributed by atoms with E-state index in [0.29, 0.717) is 6.04 Å². The van der Waals surface area contributed by atoms with Gasteiger partial charge in [0.1, 0.15) is 11.4 Å². The topological polar surface area (TPSA) is 38.1 Å². The number of hydrogen-bond donors (Lipinski definition) is 1. The zero-order valence-corrected chi connectivity index (χ0v) is 16.7. The molecule has 1 aliphatic carbocycles. The third-order valence-electron chi connectivity index (χ3n) is 5.50. The lowest BCUT2D eigenvalue weighted by Crippen LogP contribution is -2.15. The molecule has 0 amide bonds. The molecule has 0 saturated heterocycles. The highest BCUT2D eigenvalue weighted by molar-refractivity contribution is 5.76. The molecule has 144 valence electrons. The Morgan fingerprint density at radius 2 is 1.68 bits per heavy atom. The Balaban J connectivity index is 1.53. The molecular formula is C25H28N2O. The zero-order valence-electron chi connectivity index (χ0n) is 16.7. The van der Waals surface area contributed by atoms with Gasteiger partial charge in [0, 0.05) is 11.6 Å². The third-order valence-corrected chi connectivity index (χ3v) is 5.50. The van der Waals surface area contributed by atoms with Gasteiger partial charge in [-0.3, -0.25) is 0 Å². The van der Waals surface area contributed by atoms with E-state index in [1.165, 1.54) is 29.5 Å². The van der Waals surface area contributed by atoms with Crippen LogP contribution in [0.3, 0.4) is 0 Å². The average molecular weight is 373 g/mol. The molecule has 3 nitrogen and oxygen atoms in total. The molecule has 1 heterocycles. The van der Waals surface area contributed by atoms with Gasteiger partial charge in [-0.15, -0.1) is 6.58 Å². The zero-order chi connectivity index (χ0) is 19.5. The van der Waals surface area contributed by atoms with Crippen molar-refractivity contribution in [3.8, 4) is 22.5 Å². The summed E-state index contributed by atoms with van der Waals surface area (Å²) in [7, 11) is 0. The minimum Gasteiger partial charge on any atom is -0.378 e. The first-order chi connectivity index (χ1) is 13.7. The fraction of sp³-hybridized carbons (Fsp3) is 0.320. The second kappa shape index (κ2) is 8.05. The summed E-state index contributed by atoms with van der Waals surface area (Å²) in [5.41, 5.74) is 6.85. The van der Waals surface area contributed by atoms with Gasteiger partial charge in [-0.05, 0) is 62.1 Å². The standard InChI is InChI=1S/C25H28N2O/c1-4-5-6-17(2)26-24-18(3)27-28-25(24)23-15-13-22(14-16-23)21-11-9-20(10-12-21)19-7-8-19/h4,9-17,19,26H,1,5-8H2,2-3H3. The van der Waals surface area contributed by atoms with Crippen LogP contribution in [0.2, 0.25) is 0 Å². The van der Waals surface area contributed by atoms with Gasteiger partial charge in [-0.1, -0.05) is 59.8 Å². The van der Waals surface area contributed by atoms with E-state index in [9.17, 15) is 0 Å². The number of anilines is 1. The molecule has 28 heavy (non-hydrogen) atoms. The first-order valence-corrected chi connectivity index (χ1v) is 10.2. The predicted octanol–water partition coefficient (Wildman–Crippen LogP) is 6.96. The third kappa shape index (κ3) is 4.04. The van der Waals surface area contributed by atoms with Gasteiger partial charge >= 0.3 is 0 Å². The van der Waals surface area contributed by atoms with Crippen LogP contribution in [0.15, 0.2) is 65.7 Å². The monoisotopic (exact) mass is 372 g/mol. The number of nitrogens with one attached hydrogen (secondary N) is 1. The van der Waals surface area contributed by atoms with Crippen molar-refractivity contribution < 1.29 is 4.52 Å². The molecule has 1 aromatic heterocycles. The van der Waals surface area contributed by atoms with Crippen molar-refractivity contribution in [3.63, 3.8) is 0 Å². The number of hydrogen-bond acceptors (Lipinski definition) is 3. The molecule has 1 unspecified atom stereocenters. The fourth-order valence-corrected chi connectivity index (χ4v) is 3.60. The molecule has 0 radical (unpaired) electrons. The number of aromatic nitrogens is 1.